The fraction of sp³-hybridized carbons (Fsp3) is 0.588. The lowest BCUT2D eigenvalue weighted by molar-refractivity contribution is 0.00746. The summed E-state index contributed by atoms with van der Waals surface area (Å²) in [6, 6.07) is 5.37. The van der Waals surface area contributed by atoms with Gasteiger partial charge in [-0.1, -0.05) is 19.4 Å². The molecule has 0 aliphatic carbocycles. The Morgan fingerprint density at radius 2 is 1.83 bits per heavy atom. The summed E-state index contributed by atoms with van der Waals surface area (Å²) in [4.78, 5) is 11.9. The van der Waals surface area contributed by atoms with Crippen molar-refractivity contribution in [3.63, 3.8) is 0 Å². The largest absolute Gasteiger partial charge is 0.493 e. The molecule has 4 N–H and O–H groups in total. The molecule has 0 aliphatic rings. The number of unbranched alkanes of at least 4 members (excludes halogenated alkanes) is 1. The van der Waals surface area contributed by atoms with Crippen molar-refractivity contribution < 1.29 is 29.6 Å². The lowest BCUT2D eigenvalue weighted by atomic mass is 9.91. The SMILES string of the molecule is CCCCc1ccc(OC(=O)NCC(CO)(CO)CO)c(OC)c1. The third-order valence-corrected chi connectivity index (χ3v) is 3.86. The molecule has 0 unspecified atom stereocenters. The molecular formula is C17H27NO6. The topological polar surface area (TPSA) is 108 Å². The number of nitrogens with one attached hydrogen (secondary N) is 1. The van der Waals surface area contributed by atoms with Gasteiger partial charge in [-0.25, -0.2) is 4.79 Å². The van der Waals surface area contributed by atoms with Crippen molar-refractivity contribution in [2.75, 3.05) is 33.5 Å². The number of hydrogen-bond acceptors (Lipinski definition) is 6. The standard InChI is InChI=1S/C17H27NO6/c1-3-4-5-13-6-7-14(15(8-13)23-2)24-16(22)18-9-17(10-19,11-20)12-21/h6-8,19-21H,3-5,9-12H2,1-2H3,(H,18,22). The van der Waals surface area contributed by atoms with Crippen LogP contribution in [0, 0.1) is 5.41 Å². The highest BCUT2D eigenvalue weighted by molar-refractivity contribution is 5.71. The minimum absolute atomic E-state index is 0.119. The molecule has 0 aromatic heterocycles. The second-order valence-corrected chi connectivity index (χ2v) is 5.81. The van der Waals surface area contributed by atoms with Crippen LogP contribution >= 0.6 is 0 Å². The summed E-state index contributed by atoms with van der Waals surface area (Å²) in [6.45, 7) is 0.609. The van der Waals surface area contributed by atoms with Gasteiger partial charge in [0.2, 0.25) is 0 Å². The first-order valence-electron chi connectivity index (χ1n) is 7.99. The Balaban J connectivity index is 2.69. The van der Waals surface area contributed by atoms with E-state index >= 15 is 0 Å². The van der Waals surface area contributed by atoms with E-state index < -0.39 is 31.3 Å². The lowest BCUT2D eigenvalue weighted by Gasteiger charge is -2.27. The highest BCUT2D eigenvalue weighted by Gasteiger charge is 2.29. The molecule has 0 spiro atoms. The maximum Gasteiger partial charge on any atom is 0.412 e. The number of aliphatic hydroxyl groups is 3. The fourth-order valence-electron chi connectivity index (χ4n) is 2.05. The van der Waals surface area contributed by atoms with Gasteiger partial charge in [0.05, 0.1) is 32.3 Å². The molecule has 0 fully saturated rings. The van der Waals surface area contributed by atoms with Crippen molar-refractivity contribution in [3.05, 3.63) is 23.8 Å². The monoisotopic (exact) mass is 341 g/mol. The van der Waals surface area contributed by atoms with Crippen LogP contribution in [0.25, 0.3) is 0 Å². The summed E-state index contributed by atoms with van der Waals surface area (Å²) >= 11 is 0. The third kappa shape index (κ3) is 5.67. The maximum atomic E-state index is 11.9. The number of rotatable bonds is 10. The minimum Gasteiger partial charge on any atom is -0.493 e. The molecule has 0 heterocycles. The van der Waals surface area contributed by atoms with E-state index in [0.29, 0.717) is 5.75 Å². The molecule has 0 atom stereocenters. The Hall–Kier alpha value is -1.83. The molecule has 0 aliphatic heterocycles. The first kappa shape index (κ1) is 20.2. The maximum absolute atomic E-state index is 11.9. The zero-order valence-corrected chi connectivity index (χ0v) is 14.2. The van der Waals surface area contributed by atoms with Crippen LogP contribution in [0.2, 0.25) is 0 Å². The van der Waals surface area contributed by atoms with Gasteiger partial charge >= 0.3 is 6.09 Å². The number of aryl methyl sites for hydroxylation is 1. The van der Waals surface area contributed by atoms with Crippen LogP contribution in [-0.2, 0) is 6.42 Å². The number of hydrogen-bond donors (Lipinski definition) is 4. The van der Waals surface area contributed by atoms with Gasteiger partial charge in [0, 0.05) is 6.54 Å². The predicted octanol–water partition coefficient (Wildman–Crippen LogP) is 1.09. The molecule has 7 nitrogen and oxygen atoms in total. The van der Waals surface area contributed by atoms with E-state index in [1.54, 1.807) is 6.07 Å². The first-order valence-corrected chi connectivity index (χ1v) is 7.99. The zero-order chi connectivity index (χ0) is 18.0. The Morgan fingerprint density at radius 1 is 1.17 bits per heavy atom. The first-order chi connectivity index (χ1) is 11.5. The van der Waals surface area contributed by atoms with Crippen molar-refractivity contribution >= 4 is 6.09 Å². The predicted molar refractivity (Wildman–Crippen MR) is 89.3 cm³/mol. The normalized spacial score (nSPS) is 11.2. The van der Waals surface area contributed by atoms with Crippen LogP contribution in [0.1, 0.15) is 25.3 Å². The van der Waals surface area contributed by atoms with Crippen LogP contribution in [0.15, 0.2) is 18.2 Å². The average Bonchev–Trinajstić information content (AvgIpc) is 2.62. The zero-order valence-electron chi connectivity index (χ0n) is 14.2. The van der Waals surface area contributed by atoms with Crippen molar-refractivity contribution in [2.45, 2.75) is 26.2 Å². The Kier molecular flexibility index (Phi) is 8.53. The Labute approximate surface area is 142 Å². The number of ether oxygens (including phenoxy) is 2. The summed E-state index contributed by atoms with van der Waals surface area (Å²) in [6.07, 6.45) is 2.32. The van der Waals surface area contributed by atoms with Gasteiger partial charge in [-0.15, -0.1) is 0 Å². The van der Waals surface area contributed by atoms with Gasteiger partial charge in [0.1, 0.15) is 0 Å². The van der Waals surface area contributed by atoms with Gasteiger partial charge in [-0.2, -0.15) is 0 Å². The molecule has 136 valence electrons. The van der Waals surface area contributed by atoms with Gasteiger partial charge in [-0.3, -0.25) is 0 Å². The van der Waals surface area contributed by atoms with Crippen molar-refractivity contribution in [2.24, 2.45) is 5.41 Å². The summed E-state index contributed by atoms with van der Waals surface area (Å²) in [5.74, 6) is 0.731. The number of carbonyl (C=O) groups excluding carboxylic acids is 1. The van der Waals surface area contributed by atoms with E-state index in [-0.39, 0.29) is 12.3 Å². The quantitative estimate of drug-likeness (QED) is 0.507. The van der Waals surface area contributed by atoms with Crippen LogP contribution in [0.3, 0.4) is 0 Å². The number of amides is 1. The molecule has 24 heavy (non-hydrogen) atoms. The molecule has 1 rings (SSSR count). The van der Waals surface area contributed by atoms with E-state index in [1.165, 1.54) is 7.11 Å². The molecule has 0 bridgehead atoms. The van der Waals surface area contributed by atoms with E-state index in [2.05, 4.69) is 12.2 Å². The number of aliphatic hydroxyl groups excluding tert-OH is 3. The van der Waals surface area contributed by atoms with E-state index in [0.717, 1.165) is 24.8 Å². The molecule has 1 amide bonds. The summed E-state index contributed by atoms with van der Waals surface area (Å²) in [5, 5.41) is 30.1. The van der Waals surface area contributed by atoms with E-state index in [4.69, 9.17) is 9.47 Å². The van der Waals surface area contributed by atoms with Crippen LogP contribution < -0.4 is 14.8 Å². The van der Waals surface area contributed by atoms with Crippen LogP contribution in [-0.4, -0.2) is 54.9 Å². The second-order valence-electron chi connectivity index (χ2n) is 5.81. The highest BCUT2D eigenvalue weighted by atomic mass is 16.6. The summed E-state index contributed by atoms with van der Waals surface area (Å²) < 4.78 is 10.5. The molecule has 0 saturated heterocycles. The molecule has 0 saturated carbocycles. The van der Waals surface area contributed by atoms with Crippen LogP contribution in [0.4, 0.5) is 4.79 Å². The van der Waals surface area contributed by atoms with E-state index in [1.807, 2.05) is 12.1 Å². The number of methoxy groups -OCH3 is 1. The third-order valence-electron chi connectivity index (χ3n) is 3.86. The molecule has 1 aromatic carbocycles. The van der Waals surface area contributed by atoms with Crippen LogP contribution in [0.5, 0.6) is 11.5 Å². The van der Waals surface area contributed by atoms with Gasteiger partial charge in [0.25, 0.3) is 0 Å². The fourth-order valence-corrected chi connectivity index (χ4v) is 2.05. The van der Waals surface area contributed by atoms with Gasteiger partial charge < -0.3 is 30.1 Å². The van der Waals surface area contributed by atoms with Gasteiger partial charge in [-0.05, 0) is 30.5 Å². The second kappa shape index (κ2) is 10.1. The number of carbonyl (C=O) groups is 1. The molecule has 1 aromatic rings. The lowest BCUT2D eigenvalue weighted by Crippen LogP contribution is -2.46. The van der Waals surface area contributed by atoms with Crippen molar-refractivity contribution in [1.82, 2.24) is 5.32 Å². The molecule has 7 heteroatoms. The highest BCUT2D eigenvalue weighted by Crippen LogP contribution is 2.28. The van der Waals surface area contributed by atoms with E-state index in [9.17, 15) is 20.1 Å². The smallest absolute Gasteiger partial charge is 0.412 e. The van der Waals surface area contributed by atoms with Crippen molar-refractivity contribution in [1.29, 1.82) is 0 Å². The minimum atomic E-state index is -1.19. The molecular weight excluding hydrogens is 314 g/mol. The molecule has 0 radical (unpaired) electrons. The van der Waals surface area contributed by atoms with Gasteiger partial charge in [0.15, 0.2) is 11.5 Å². The summed E-state index contributed by atoms with van der Waals surface area (Å²) in [5.41, 5.74) is -0.0889. The Morgan fingerprint density at radius 3 is 2.38 bits per heavy atom. The Bertz CT molecular complexity index is 508. The van der Waals surface area contributed by atoms with Crippen molar-refractivity contribution in [3.8, 4) is 11.5 Å². The average molecular weight is 341 g/mol. The summed E-state index contributed by atoms with van der Waals surface area (Å²) in [7, 11) is 1.50. The number of benzene rings is 1.